The normalized spacial score (nSPS) is 11.2. The van der Waals surface area contributed by atoms with Crippen LogP contribution >= 0.6 is 34.3 Å². The van der Waals surface area contributed by atoms with E-state index in [2.05, 4.69) is 10.3 Å². The zero-order valence-corrected chi connectivity index (χ0v) is 15.5. The number of hydrogen-bond donors (Lipinski definition) is 1. The van der Waals surface area contributed by atoms with E-state index in [4.69, 9.17) is 11.6 Å². The van der Waals surface area contributed by atoms with Gasteiger partial charge in [-0.05, 0) is 42.1 Å². The Balaban J connectivity index is 1.82. The van der Waals surface area contributed by atoms with Crippen LogP contribution in [0.3, 0.4) is 0 Å². The van der Waals surface area contributed by atoms with Crippen LogP contribution in [-0.2, 0) is 4.79 Å². The third kappa shape index (κ3) is 3.97. The standard InChI is InChI=1S/C18H12ClN3OS2/c1-11-14(19)4-2-5-15(11)22-17(23)12(9-20)8-13-10-25-18(21-13)16-6-3-7-24-16/h2-8,10H,1H3,(H,22,23). The smallest absolute Gasteiger partial charge is 0.266 e. The number of nitrogens with zero attached hydrogens (tertiary/aromatic N) is 2. The van der Waals surface area contributed by atoms with E-state index in [1.165, 1.54) is 17.4 Å². The number of hydrogen-bond acceptors (Lipinski definition) is 5. The highest BCUT2D eigenvalue weighted by Gasteiger charge is 2.13. The molecule has 0 aliphatic rings. The van der Waals surface area contributed by atoms with E-state index < -0.39 is 5.91 Å². The monoisotopic (exact) mass is 385 g/mol. The number of thiazole rings is 1. The molecule has 0 unspecified atom stereocenters. The molecule has 25 heavy (non-hydrogen) atoms. The number of benzene rings is 1. The van der Waals surface area contributed by atoms with Crippen molar-refractivity contribution in [2.45, 2.75) is 6.92 Å². The summed E-state index contributed by atoms with van der Waals surface area (Å²) in [6.45, 7) is 1.81. The molecule has 0 radical (unpaired) electrons. The van der Waals surface area contributed by atoms with Crippen LogP contribution in [0.2, 0.25) is 5.02 Å². The Hall–Kier alpha value is -2.46. The molecule has 0 bridgehead atoms. The van der Waals surface area contributed by atoms with Crippen LogP contribution in [-0.4, -0.2) is 10.9 Å². The number of halogens is 1. The second kappa shape index (κ2) is 7.62. The molecule has 124 valence electrons. The van der Waals surface area contributed by atoms with Gasteiger partial charge >= 0.3 is 0 Å². The number of rotatable bonds is 4. The lowest BCUT2D eigenvalue weighted by Gasteiger charge is -2.08. The number of anilines is 1. The van der Waals surface area contributed by atoms with Gasteiger partial charge in [-0.25, -0.2) is 4.98 Å². The van der Waals surface area contributed by atoms with E-state index >= 15 is 0 Å². The molecule has 0 saturated heterocycles. The van der Waals surface area contributed by atoms with Crippen LogP contribution in [0.15, 0.2) is 46.7 Å². The first-order chi connectivity index (χ1) is 12.1. The van der Waals surface area contributed by atoms with Crippen LogP contribution in [0.4, 0.5) is 5.69 Å². The summed E-state index contributed by atoms with van der Waals surface area (Å²) in [7, 11) is 0. The Morgan fingerprint density at radius 2 is 2.16 bits per heavy atom. The summed E-state index contributed by atoms with van der Waals surface area (Å²) in [6.07, 6.45) is 1.49. The van der Waals surface area contributed by atoms with Crippen LogP contribution in [0.5, 0.6) is 0 Å². The number of carbonyl (C=O) groups is 1. The largest absolute Gasteiger partial charge is 0.321 e. The molecule has 2 heterocycles. The van der Waals surface area contributed by atoms with E-state index in [1.807, 2.05) is 29.0 Å². The second-order valence-electron chi connectivity index (χ2n) is 5.09. The summed E-state index contributed by atoms with van der Waals surface area (Å²) in [5.74, 6) is -0.487. The predicted octanol–water partition coefficient (Wildman–Crippen LogP) is 5.38. The second-order valence-corrected chi connectivity index (χ2v) is 7.30. The number of aromatic nitrogens is 1. The lowest BCUT2D eigenvalue weighted by molar-refractivity contribution is -0.112. The molecule has 0 aliphatic carbocycles. The summed E-state index contributed by atoms with van der Waals surface area (Å²) in [4.78, 5) is 17.9. The van der Waals surface area contributed by atoms with Crippen molar-refractivity contribution in [3.05, 3.63) is 62.9 Å². The van der Waals surface area contributed by atoms with Crippen molar-refractivity contribution in [2.24, 2.45) is 0 Å². The molecule has 2 aromatic heterocycles. The molecule has 3 aromatic rings. The molecule has 0 saturated carbocycles. The van der Waals surface area contributed by atoms with E-state index in [9.17, 15) is 10.1 Å². The van der Waals surface area contributed by atoms with Gasteiger partial charge in [0.1, 0.15) is 16.6 Å². The minimum absolute atomic E-state index is 0.0117. The van der Waals surface area contributed by atoms with Gasteiger partial charge in [-0.3, -0.25) is 4.79 Å². The van der Waals surface area contributed by atoms with Gasteiger partial charge in [0.2, 0.25) is 0 Å². The summed E-state index contributed by atoms with van der Waals surface area (Å²) in [5.41, 5.74) is 1.91. The van der Waals surface area contributed by atoms with Gasteiger partial charge in [-0.1, -0.05) is 23.7 Å². The first-order valence-corrected chi connectivity index (χ1v) is 9.40. The minimum Gasteiger partial charge on any atom is -0.321 e. The number of thiophene rings is 1. The Kier molecular flexibility index (Phi) is 5.29. The molecule has 3 rings (SSSR count). The highest BCUT2D eigenvalue weighted by molar-refractivity contribution is 7.20. The van der Waals surface area contributed by atoms with Gasteiger partial charge < -0.3 is 5.32 Å². The van der Waals surface area contributed by atoms with Crippen molar-refractivity contribution in [3.8, 4) is 16.0 Å². The molecule has 0 aliphatic heterocycles. The van der Waals surface area contributed by atoms with Gasteiger partial charge in [-0.2, -0.15) is 5.26 Å². The number of amides is 1. The molecule has 1 amide bonds. The van der Waals surface area contributed by atoms with Crippen molar-refractivity contribution in [3.63, 3.8) is 0 Å². The van der Waals surface area contributed by atoms with Crippen molar-refractivity contribution < 1.29 is 4.79 Å². The topological polar surface area (TPSA) is 65.8 Å². The van der Waals surface area contributed by atoms with Crippen molar-refractivity contribution in [1.82, 2.24) is 4.98 Å². The van der Waals surface area contributed by atoms with E-state index in [1.54, 1.807) is 36.5 Å². The third-order valence-electron chi connectivity index (χ3n) is 3.43. The molecule has 1 N–H and O–H groups in total. The average Bonchev–Trinajstić information content (AvgIpc) is 3.27. The predicted molar refractivity (Wildman–Crippen MR) is 104 cm³/mol. The molecular weight excluding hydrogens is 374 g/mol. The van der Waals surface area contributed by atoms with E-state index in [0.717, 1.165) is 15.4 Å². The molecule has 4 nitrogen and oxygen atoms in total. The molecule has 7 heteroatoms. The van der Waals surface area contributed by atoms with E-state index in [0.29, 0.717) is 16.4 Å². The molecule has 0 fully saturated rings. The Morgan fingerprint density at radius 1 is 1.32 bits per heavy atom. The van der Waals surface area contributed by atoms with Crippen LogP contribution in [0.1, 0.15) is 11.3 Å². The fourth-order valence-corrected chi connectivity index (χ4v) is 3.86. The first-order valence-electron chi connectivity index (χ1n) is 7.26. The summed E-state index contributed by atoms with van der Waals surface area (Å²) < 4.78 is 0. The van der Waals surface area contributed by atoms with Gasteiger partial charge in [0.15, 0.2) is 0 Å². The Labute approximate surface area is 158 Å². The molecule has 0 atom stereocenters. The minimum atomic E-state index is -0.487. The van der Waals surface area contributed by atoms with Gasteiger partial charge in [-0.15, -0.1) is 22.7 Å². The van der Waals surface area contributed by atoms with Crippen molar-refractivity contribution >= 4 is 51.9 Å². The highest BCUT2D eigenvalue weighted by atomic mass is 35.5. The number of carbonyl (C=O) groups excluding carboxylic acids is 1. The van der Waals surface area contributed by atoms with Gasteiger partial charge in [0, 0.05) is 16.1 Å². The fraction of sp³-hybridized carbons (Fsp3) is 0.0556. The maximum atomic E-state index is 12.4. The fourth-order valence-electron chi connectivity index (χ4n) is 2.09. The van der Waals surface area contributed by atoms with Gasteiger partial charge in [0.05, 0.1) is 10.6 Å². The van der Waals surface area contributed by atoms with Crippen molar-refractivity contribution in [1.29, 1.82) is 5.26 Å². The van der Waals surface area contributed by atoms with E-state index in [-0.39, 0.29) is 5.57 Å². The summed E-state index contributed by atoms with van der Waals surface area (Å²) >= 11 is 9.12. The molecular formula is C18H12ClN3OS2. The van der Waals surface area contributed by atoms with Crippen LogP contribution in [0.25, 0.3) is 16.0 Å². The average molecular weight is 386 g/mol. The lowest BCUT2D eigenvalue weighted by Crippen LogP contribution is -2.14. The number of nitrogens with one attached hydrogen (secondary N) is 1. The number of nitriles is 1. The van der Waals surface area contributed by atoms with Gasteiger partial charge in [0.25, 0.3) is 5.91 Å². The zero-order chi connectivity index (χ0) is 17.8. The summed E-state index contributed by atoms with van der Waals surface area (Å²) in [6, 6.07) is 11.1. The Morgan fingerprint density at radius 3 is 2.88 bits per heavy atom. The third-order valence-corrected chi connectivity index (χ3v) is 5.74. The zero-order valence-electron chi connectivity index (χ0n) is 13.1. The quantitative estimate of drug-likeness (QED) is 0.484. The first kappa shape index (κ1) is 17.4. The maximum Gasteiger partial charge on any atom is 0.266 e. The summed E-state index contributed by atoms with van der Waals surface area (Å²) in [5, 5.41) is 17.3. The highest BCUT2D eigenvalue weighted by Crippen LogP contribution is 2.28. The molecule has 1 aromatic carbocycles. The Bertz CT molecular complexity index is 984. The van der Waals surface area contributed by atoms with Crippen LogP contribution < -0.4 is 5.32 Å². The van der Waals surface area contributed by atoms with Crippen LogP contribution in [0, 0.1) is 18.3 Å². The maximum absolute atomic E-state index is 12.4. The SMILES string of the molecule is Cc1c(Cl)cccc1NC(=O)C(C#N)=Cc1csc(-c2cccs2)n1. The lowest BCUT2D eigenvalue weighted by atomic mass is 10.1. The molecule has 0 spiro atoms. The van der Waals surface area contributed by atoms with Crippen molar-refractivity contribution in [2.75, 3.05) is 5.32 Å².